The summed E-state index contributed by atoms with van der Waals surface area (Å²) in [5.41, 5.74) is 0.947. The minimum atomic E-state index is -5.00. The molecular weight excluding hydrogens is 594 g/mol. The average molecular weight is 632 g/mol. The zero-order valence-corrected chi connectivity index (χ0v) is 25.6. The van der Waals surface area contributed by atoms with E-state index in [1.807, 2.05) is 19.0 Å². The first-order valence-electron chi connectivity index (χ1n) is 14.8. The van der Waals surface area contributed by atoms with Crippen molar-refractivity contribution in [2.24, 2.45) is 5.41 Å². The van der Waals surface area contributed by atoms with Gasteiger partial charge < -0.3 is 33.9 Å². The Labute approximate surface area is 260 Å². The fourth-order valence-corrected chi connectivity index (χ4v) is 6.29. The minimum absolute atomic E-state index is 0.0131. The van der Waals surface area contributed by atoms with E-state index in [2.05, 4.69) is 21.1 Å². The highest BCUT2D eigenvalue weighted by Gasteiger charge is 2.44. The van der Waals surface area contributed by atoms with Crippen LogP contribution in [0.4, 0.5) is 29.1 Å². The first kappa shape index (κ1) is 32.3. The predicted octanol–water partition coefficient (Wildman–Crippen LogP) is 4.31. The molecule has 5 rings (SSSR count). The minimum Gasteiger partial charge on any atom is -0.463 e. The van der Waals surface area contributed by atoms with Crippen molar-refractivity contribution in [1.82, 2.24) is 19.8 Å². The highest BCUT2D eigenvalue weighted by Crippen LogP contribution is 2.46. The number of ether oxygens (including phenoxy) is 2. The Balaban J connectivity index is 1.52. The molecule has 242 valence electrons. The Kier molecular flexibility index (Phi) is 9.11. The van der Waals surface area contributed by atoms with E-state index >= 15 is 4.39 Å². The van der Waals surface area contributed by atoms with Crippen LogP contribution < -0.4 is 19.3 Å². The summed E-state index contributed by atoms with van der Waals surface area (Å²) in [5, 5.41) is 0. The third-order valence-electron chi connectivity index (χ3n) is 8.52. The van der Waals surface area contributed by atoms with E-state index in [0.29, 0.717) is 44.2 Å². The van der Waals surface area contributed by atoms with Gasteiger partial charge in [0, 0.05) is 43.2 Å². The lowest BCUT2D eigenvalue weighted by molar-refractivity contribution is -0.274. The van der Waals surface area contributed by atoms with Crippen LogP contribution in [0.1, 0.15) is 31.0 Å². The highest BCUT2D eigenvalue weighted by atomic mass is 19.4. The summed E-state index contributed by atoms with van der Waals surface area (Å²) in [6, 6.07) is 2.64. The average Bonchev–Trinajstić information content (AvgIpc) is 3.73. The van der Waals surface area contributed by atoms with Crippen molar-refractivity contribution in [3.63, 3.8) is 0 Å². The van der Waals surface area contributed by atoms with Crippen molar-refractivity contribution >= 4 is 17.4 Å². The Hall–Kier alpha value is -4.12. The number of carbonyl (C=O) groups excluding carboxylic acids is 1. The molecule has 0 spiro atoms. The van der Waals surface area contributed by atoms with Crippen molar-refractivity contribution < 1.29 is 31.8 Å². The number of fused-ring (bicyclic) bond motifs is 1. The number of nitrogens with zero attached hydrogens (tertiary/aromatic N) is 7. The molecule has 0 bridgehead atoms. The van der Waals surface area contributed by atoms with Gasteiger partial charge in [0.1, 0.15) is 23.4 Å². The lowest BCUT2D eigenvalue weighted by Crippen LogP contribution is -2.56. The lowest BCUT2D eigenvalue weighted by Gasteiger charge is -2.42. The number of para-hydroxylation sites is 1. The normalized spacial score (nSPS) is 20.8. The van der Waals surface area contributed by atoms with E-state index in [1.54, 1.807) is 11.8 Å². The molecule has 2 fully saturated rings. The van der Waals surface area contributed by atoms with Crippen molar-refractivity contribution in [3.8, 4) is 11.8 Å². The fraction of sp³-hybridized carbons (Fsp3) is 0.548. The van der Waals surface area contributed by atoms with Gasteiger partial charge in [-0.05, 0) is 58.5 Å². The molecule has 0 unspecified atom stereocenters. The molecule has 1 saturated carbocycles. The molecule has 0 radical (unpaired) electrons. The maximum absolute atomic E-state index is 15.2. The van der Waals surface area contributed by atoms with E-state index in [0.717, 1.165) is 37.1 Å². The van der Waals surface area contributed by atoms with E-state index < -0.39 is 30.0 Å². The Bertz CT molecular complexity index is 1470. The SMILES string of the molecule is [C-]#[N+]C[C@H]1CN(c2nc(OCC3(CN(C)C)CC3)nc3c2C[C@H](C)N(c2c(F)cccc2OC(F)(F)F)C3)CCN1C(=O)C=C. The first-order valence-corrected chi connectivity index (χ1v) is 14.8. The van der Waals surface area contributed by atoms with Gasteiger partial charge >= 0.3 is 12.4 Å². The third-order valence-corrected chi connectivity index (χ3v) is 8.52. The second kappa shape index (κ2) is 12.7. The Morgan fingerprint density at radius 1 is 1.27 bits per heavy atom. The molecule has 1 saturated heterocycles. The summed E-state index contributed by atoms with van der Waals surface area (Å²) >= 11 is 0. The van der Waals surface area contributed by atoms with E-state index in [-0.39, 0.29) is 36.1 Å². The summed E-state index contributed by atoms with van der Waals surface area (Å²) < 4.78 is 65.4. The second-order valence-electron chi connectivity index (χ2n) is 12.3. The summed E-state index contributed by atoms with van der Waals surface area (Å²) in [6.45, 7) is 15.3. The number of rotatable bonds is 10. The zero-order chi connectivity index (χ0) is 32.5. The molecule has 0 N–H and O–H groups in total. The summed E-state index contributed by atoms with van der Waals surface area (Å²) in [6.07, 6.45) is -1.46. The molecule has 10 nitrogen and oxygen atoms in total. The van der Waals surface area contributed by atoms with Gasteiger partial charge in [-0.3, -0.25) is 4.79 Å². The molecule has 1 amide bonds. The number of amides is 1. The van der Waals surface area contributed by atoms with Gasteiger partial charge in [0.05, 0.1) is 18.8 Å². The van der Waals surface area contributed by atoms with Crippen LogP contribution in [0.5, 0.6) is 11.8 Å². The number of carbonyl (C=O) groups is 1. The van der Waals surface area contributed by atoms with Crippen molar-refractivity contribution in [1.29, 1.82) is 0 Å². The van der Waals surface area contributed by atoms with Crippen LogP contribution in [0.25, 0.3) is 4.85 Å². The Morgan fingerprint density at radius 3 is 2.67 bits per heavy atom. The zero-order valence-electron chi connectivity index (χ0n) is 25.6. The maximum Gasteiger partial charge on any atom is 0.573 e. The molecule has 45 heavy (non-hydrogen) atoms. The smallest absolute Gasteiger partial charge is 0.463 e. The number of aromatic nitrogens is 2. The molecule has 1 aromatic heterocycles. The van der Waals surface area contributed by atoms with Crippen molar-refractivity contribution in [3.05, 3.63) is 59.3 Å². The fourth-order valence-electron chi connectivity index (χ4n) is 6.29. The van der Waals surface area contributed by atoms with Gasteiger partial charge in [0.2, 0.25) is 12.5 Å². The lowest BCUT2D eigenvalue weighted by atomic mass is 9.97. The van der Waals surface area contributed by atoms with Gasteiger partial charge in [-0.1, -0.05) is 12.6 Å². The monoisotopic (exact) mass is 631 g/mol. The molecule has 2 aromatic rings. The van der Waals surface area contributed by atoms with Crippen LogP contribution in [0.3, 0.4) is 0 Å². The van der Waals surface area contributed by atoms with E-state index in [9.17, 15) is 18.0 Å². The number of alkyl halides is 3. The quantitative estimate of drug-likeness (QED) is 0.218. The molecule has 14 heteroatoms. The molecule has 3 heterocycles. The van der Waals surface area contributed by atoms with Crippen molar-refractivity contribution in [2.45, 2.75) is 51.2 Å². The van der Waals surface area contributed by atoms with E-state index in [4.69, 9.17) is 21.3 Å². The van der Waals surface area contributed by atoms with Crippen LogP contribution in [0.15, 0.2) is 30.9 Å². The molecule has 2 aliphatic heterocycles. The number of halogens is 4. The highest BCUT2D eigenvalue weighted by molar-refractivity contribution is 5.87. The van der Waals surface area contributed by atoms with Crippen molar-refractivity contribution in [2.75, 3.05) is 63.2 Å². The van der Waals surface area contributed by atoms with Gasteiger partial charge in [-0.15, -0.1) is 13.2 Å². The summed E-state index contributed by atoms with van der Waals surface area (Å²) in [5.74, 6) is -1.14. The first-order chi connectivity index (χ1) is 21.3. The Morgan fingerprint density at radius 2 is 2.02 bits per heavy atom. The van der Waals surface area contributed by atoms with E-state index in [1.165, 1.54) is 17.0 Å². The van der Waals surface area contributed by atoms with Gasteiger partial charge in [-0.25, -0.2) is 11.0 Å². The van der Waals surface area contributed by atoms with Crippen LogP contribution in [-0.4, -0.2) is 97.5 Å². The third kappa shape index (κ3) is 7.24. The van der Waals surface area contributed by atoms with Gasteiger partial charge in [0.15, 0.2) is 5.75 Å². The van der Waals surface area contributed by atoms with Crippen LogP contribution in [0, 0.1) is 17.8 Å². The second-order valence-corrected chi connectivity index (χ2v) is 12.3. The van der Waals surface area contributed by atoms with Gasteiger partial charge in [-0.2, -0.15) is 9.97 Å². The largest absolute Gasteiger partial charge is 0.573 e. The molecule has 1 aromatic carbocycles. The topological polar surface area (TPSA) is 78.6 Å². The molecule has 2 atom stereocenters. The summed E-state index contributed by atoms with van der Waals surface area (Å²) in [4.78, 5) is 32.9. The molecule has 1 aliphatic carbocycles. The number of anilines is 2. The maximum atomic E-state index is 15.2. The van der Waals surface area contributed by atoms with Gasteiger partial charge in [0.25, 0.3) is 0 Å². The molecular formula is C31H37F4N7O3. The number of hydrogen-bond acceptors (Lipinski definition) is 8. The van der Waals surface area contributed by atoms with Crippen LogP contribution in [-0.2, 0) is 17.8 Å². The standard InChI is InChI=1S/C31H37F4N7O3/c1-6-26(43)41-13-12-40(16-21(41)15-36-3)28-22-14-20(2)42(27-23(32)8-7-9-25(27)45-31(33,34)35)17-24(22)37-29(38-28)44-19-30(10-11-30)18-39(4)5/h6-9,20-21H,1,10-19H2,2,4-5H3/t20-,21-/m0/s1. The number of piperazine rings is 1. The molecule has 3 aliphatic rings. The van der Waals surface area contributed by atoms with Crippen LogP contribution in [0.2, 0.25) is 0 Å². The number of benzene rings is 1. The van der Waals surface area contributed by atoms with Crippen LogP contribution >= 0.6 is 0 Å². The predicted molar refractivity (Wildman–Crippen MR) is 160 cm³/mol. The summed E-state index contributed by atoms with van der Waals surface area (Å²) in [7, 11) is 4.00. The number of hydrogen-bond donors (Lipinski definition) is 0.